The van der Waals surface area contributed by atoms with Gasteiger partial charge in [0.25, 0.3) is 5.56 Å². The fourth-order valence-corrected chi connectivity index (χ4v) is 6.25. The third-order valence-corrected chi connectivity index (χ3v) is 8.11. The molecule has 1 unspecified atom stereocenters. The lowest BCUT2D eigenvalue weighted by Gasteiger charge is -2.13. The Morgan fingerprint density at radius 2 is 2.03 bits per heavy atom. The van der Waals surface area contributed by atoms with E-state index in [-0.39, 0.29) is 29.1 Å². The molecule has 5 nitrogen and oxygen atoms in total. The third-order valence-electron chi connectivity index (χ3n) is 5.08. The summed E-state index contributed by atoms with van der Waals surface area (Å²) < 4.78 is 15.0. The van der Waals surface area contributed by atoms with Crippen molar-refractivity contribution in [3.8, 4) is 11.1 Å². The molecular formula is C23H22FN3O2S3. The molecule has 3 aromatic heterocycles. The maximum atomic E-state index is 13.4. The second-order valence-corrected chi connectivity index (χ2v) is 10.4. The van der Waals surface area contributed by atoms with Crippen LogP contribution < -0.4 is 10.9 Å². The Morgan fingerprint density at radius 3 is 2.69 bits per heavy atom. The predicted octanol–water partition coefficient (Wildman–Crippen LogP) is 5.62. The number of rotatable bonds is 7. The molecule has 166 valence electrons. The summed E-state index contributed by atoms with van der Waals surface area (Å²) in [7, 11) is 0. The minimum Gasteiger partial charge on any atom is -0.348 e. The molecule has 1 atom stereocenters. The van der Waals surface area contributed by atoms with Crippen molar-refractivity contribution in [2.24, 2.45) is 0 Å². The summed E-state index contributed by atoms with van der Waals surface area (Å²) >= 11 is 4.30. The van der Waals surface area contributed by atoms with E-state index in [1.54, 1.807) is 28.0 Å². The molecule has 32 heavy (non-hydrogen) atoms. The van der Waals surface area contributed by atoms with Gasteiger partial charge in [-0.3, -0.25) is 14.2 Å². The molecule has 0 saturated heterocycles. The van der Waals surface area contributed by atoms with Crippen LogP contribution in [0.1, 0.15) is 29.6 Å². The second kappa shape index (κ2) is 9.56. The molecule has 1 aromatic carbocycles. The Bertz CT molecular complexity index is 1310. The van der Waals surface area contributed by atoms with Crippen LogP contribution in [0.2, 0.25) is 0 Å². The lowest BCUT2D eigenvalue weighted by Crippen LogP contribution is -2.28. The largest absolute Gasteiger partial charge is 0.348 e. The van der Waals surface area contributed by atoms with Gasteiger partial charge in [0.15, 0.2) is 5.16 Å². The molecular weight excluding hydrogens is 465 g/mol. The molecule has 9 heteroatoms. The Balaban J connectivity index is 1.62. The predicted molar refractivity (Wildman–Crippen MR) is 131 cm³/mol. The number of thioether (sulfide) groups is 1. The van der Waals surface area contributed by atoms with Crippen molar-refractivity contribution in [3.05, 3.63) is 67.7 Å². The molecule has 1 amide bonds. The minimum atomic E-state index is -0.319. The maximum Gasteiger partial charge on any atom is 0.263 e. The fourth-order valence-electron chi connectivity index (χ4n) is 3.55. The highest BCUT2D eigenvalue weighted by Crippen LogP contribution is 2.36. The number of hydrogen-bond donors (Lipinski definition) is 1. The topological polar surface area (TPSA) is 64.0 Å². The highest BCUT2D eigenvalue weighted by molar-refractivity contribution is 7.99. The van der Waals surface area contributed by atoms with Crippen LogP contribution in [0.25, 0.3) is 21.3 Å². The Labute approximate surface area is 197 Å². The SMILES string of the molecule is CCn1c(SCC(=O)NC(C)c2cccs2)nc2sc(C)c(-c3ccc(F)cc3)c2c1=O. The average molecular weight is 488 g/mol. The molecule has 0 aliphatic rings. The maximum absolute atomic E-state index is 13.4. The first kappa shape index (κ1) is 22.7. The molecule has 0 aliphatic heterocycles. The first-order chi connectivity index (χ1) is 15.4. The van der Waals surface area contributed by atoms with Crippen molar-refractivity contribution in [3.63, 3.8) is 0 Å². The molecule has 4 rings (SSSR count). The third kappa shape index (κ3) is 4.51. The van der Waals surface area contributed by atoms with E-state index in [4.69, 9.17) is 4.98 Å². The van der Waals surface area contributed by atoms with Crippen molar-refractivity contribution in [2.75, 3.05) is 5.75 Å². The van der Waals surface area contributed by atoms with Crippen LogP contribution in [0, 0.1) is 12.7 Å². The summed E-state index contributed by atoms with van der Waals surface area (Å²) in [5.74, 6) is -0.259. The first-order valence-corrected chi connectivity index (χ1v) is 12.8. The number of hydrogen-bond acceptors (Lipinski definition) is 6. The van der Waals surface area contributed by atoms with Crippen LogP contribution in [0.15, 0.2) is 51.7 Å². The monoisotopic (exact) mass is 487 g/mol. The van der Waals surface area contributed by atoms with Crippen molar-refractivity contribution in [2.45, 2.75) is 38.5 Å². The number of amides is 1. The van der Waals surface area contributed by atoms with E-state index < -0.39 is 0 Å². The number of aromatic nitrogens is 2. The van der Waals surface area contributed by atoms with Crippen LogP contribution in [0.4, 0.5) is 4.39 Å². The van der Waals surface area contributed by atoms with Gasteiger partial charge in [-0.2, -0.15) is 0 Å². The summed E-state index contributed by atoms with van der Waals surface area (Å²) in [5, 5.41) is 6.04. The van der Waals surface area contributed by atoms with Crippen LogP contribution in [-0.2, 0) is 11.3 Å². The van der Waals surface area contributed by atoms with Crippen LogP contribution in [0.5, 0.6) is 0 Å². The zero-order valence-corrected chi connectivity index (χ0v) is 20.3. The molecule has 0 radical (unpaired) electrons. The second-order valence-electron chi connectivity index (χ2n) is 7.26. The molecule has 0 fully saturated rings. The van der Waals surface area contributed by atoms with E-state index >= 15 is 0 Å². The van der Waals surface area contributed by atoms with E-state index in [0.29, 0.717) is 21.9 Å². The number of aryl methyl sites for hydroxylation is 1. The highest BCUT2D eigenvalue weighted by atomic mass is 32.2. The fraction of sp³-hybridized carbons (Fsp3) is 0.261. The number of nitrogens with zero attached hydrogens (tertiary/aromatic N) is 2. The van der Waals surface area contributed by atoms with Gasteiger partial charge in [0.2, 0.25) is 5.91 Å². The van der Waals surface area contributed by atoms with Gasteiger partial charge >= 0.3 is 0 Å². The van der Waals surface area contributed by atoms with Crippen molar-refractivity contribution in [1.82, 2.24) is 14.9 Å². The zero-order valence-electron chi connectivity index (χ0n) is 17.8. The molecule has 0 bridgehead atoms. The number of carbonyl (C=O) groups is 1. The summed E-state index contributed by atoms with van der Waals surface area (Å²) in [6.07, 6.45) is 0. The number of nitrogens with one attached hydrogen (secondary N) is 1. The molecule has 0 spiro atoms. The van der Waals surface area contributed by atoms with Gasteiger partial charge in [0.05, 0.1) is 17.2 Å². The lowest BCUT2D eigenvalue weighted by molar-refractivity contribution is -0.119. The quantitative estimate of drug-likeness (QED) is 0.271. The Hall–Kier alpha value is -2.49. The number of carbonyl (C=O) groups excluding carboxylic acids is 1. The number of halogens is 1. The standard InChI is InChI=1S/C23H22FN3O2S3/c1-4-27-22(29)20-19(15-7-9-16(24)10-8-15)14(3)32-21(20)26-23(27)31-12-18(28)25-13(2)17-6-5-11-30-17/h5-11,13H,4,12H2,1-3H3,(H,25,28). The van der Waals surface area contributed by atoms with Gasteiger partial charge in [0, 0.05) is 21.9 Å². The normalized spacial score (nSPS) is 12.2. The Morgan fingerprint density at radius 1 is 1.28 bits per heavy atom. The summed E-state index contributed by atoms with van der Waals surface area (Å²) in [6, 6.07) is 10.0. The first-order valence-electron chi connectivity index (χ1n) is 10.1. The average Bonchev–Trinajstić information content (AvgIpc) is 3.41. The van der Waals surface area contributed by atoms with Crippen LogP contribution >= 0.6 is 34.4 Å². The van der Waals surface area contributed by atoms with E-state index in [0.717, 1.165) is 20.9 Å². The van der Waals surface area contributed by atoms with Crippen LogP contribution in [-0.4, -0.2) is 21.2 Å². The van der Waals surface area contributed by atoms with E-state index in [2.05, 4.69) is 5.32 Å². The number of fused-ring (bicyclic) bond motifs is 1. The number of thiophene rings is 2. The van der Waals surface area contributed by atoms with Gasteiger partial charge in [0.1, 0.15) is 10.6 Å². The van der Waals surface area contributed by atoms with Gasteiger partial charge in [-0.05, 0) is 49.9 Å². The minimum absolute atomic E-state index is 0.0647. The van der Waals surface area contributed by atoms with Gasteiger partial charge in [-0.1, -0.05) is 30.0 Å². The molecule has 1 N–H and O–H groups in total. The Kier molecular flexibility index (Phi) is 6.78. The number of benzene rings is 1. The van der Waals surface area contributed by atoms with Gasteiger partial charge < -0.3 is 5.32 Å². The van der Waals surface area contributed by atoms with E-state index in [9.17, 15) is 14.0 Å². The summed E-state index contributed by atoms with van der Waals surface area (Å²) in [6.45, 7) is 6.21. The molecule has 4 aromatic rings. The zero-order chi connectivity index (χ0) is 22.8. The molecule has 0 saturated carbocycles. The van der Waals surface area contributed by atoms with Crippen LogP contribution in [0.3, 0.4) is 0 Å². The smallest absolute Gasteiger partial charge is 0.263 e. The van der Waals surface area contributed by atoms with Gasteiger partial charge in [-0.15, -0.1) is 22.7 Å². The van der Waals surface area contributed by atoms with Crippen molar-refractivity contribution in [1.29, 1.82) is 0 Å². The molecule has 3 heterocycles. The van der Waals surface area contributed by atoms with E-state index in [1.165, 1.54) is 35.2 Å². The van der Waals surface area contributed by atoms with Crippen molar-refractivity contribution < 1.29 is 9.18 Å². The highest BCUT2D eigenvalue weighted by Gasteiger charge is 2.20. The van der Waals surface area contributed by atoms with E-state index in [1.807, 2.05) is 38.3 Å². The van der Waals surface area contributed by atoms with Crippen molar-refractivity contribution >= 4 is 50.6 Å². The van der Waals surface area contributed by atoms with Gasteiger partial charge in [-0.25, -0.2) is 9.37 Å². The molecule has 0 aliphatic carbocycles. The summed E-state index contributed by atoms with van der Waals surface area (Å²) in [4.78, 5) is 33.2. The summed E-state index contributed by atoms with van der Waals surface area (Å²) in [5.41, 5.74) is 1.44. The lowest BCUT2D eigenvalue weighted by atomic mass is 10.0.